The lowest BCUT2D eigenvalue weighted by molar-refractivity contribution is -0.123. The fraction of sp³-hybridized carbons (Fsp3) is 0.562. The quantitative estimate of drug-likeness (QED) is 0.847. The van der Waals surface area contributed by atoms with Crippen molar-refractivity contribution in [2.45, 2.75) is 43.8 Å². The van der Waals surface area contributed by atoms with Gasteiger partial charge in [0.2, 0.25) is 0 Å². The predicted octanol–water partition coefficient (Wildman–Crippen LogP) is 2.37. The molecule has 0 aliphatic heterocycles. The molecular formula is C16H23NO3S. The maximum atomic E-state index is 12.3. The van der Waals surface area contributed by atoms with Crippen molar-refractivity contribution < 1.29 is 13.2 Å². The van der Waals surface area contributed by atoms with E-state index in [0.29, 0.717) is 31.4 Å². The first-order chi connectivity index (χ1) is 9.86. The van der Waals surface area contributed by atoms with E-state index in [9.17, 15) is 13.2 Å². The van der Waals surface area contributed by atoms with Crippen molar-refractivity contribution in [2.24, 2.45) is 5.92 Å². The molecule has 116 valence electrons. The number of aryl methyl sites for hydroxylation is 1. The van der Waals surface area contributed by atoms with Gasteiger partial charge in [0.25, 0.3) is 0 Å². The predicted molar refractivity (Wildman–Crippen MR) is 84.8 cm³/mol. The molecule has 1 aromatic carbocycles. The van der Waals surface area contributed by atoms with Gasteiger partial charge in [0.05, 0.1) is 5.25 Å². The van der Waals surface area contributed by atoms with E-state index in [1.165, 1.54) is 6.26 Å². The van der Waals surface area contributed by atoms with Gasteiger partial charge in [-0.1, -0.05) is 18.6 Å². The second-order valence-electron chi connectivity index (χ2n) is 6.02. The maximum absolute atomic E-state index is 12.3. The molecule has 0 spiro atoms. The number of Topliss-reactive ketones (excluding diaryl/α,β-unsaturated/α-hetero) is 1. The summed E-state index contributed by atoms with van der Waals surface area (Å²) >= 11 is 0. The van der Waals surface area contributed by atoms with Crippen molar-refractivity contribution in [3.05, 3.63) is 29.8 Å². The normalized spacial score (nSPS) is 22.9. The number of hydrogen-bond donors (Lipinski definition) is 1. The summed E-state index contributed by atoms with van der Waals surface area (Å²) in [6, 6.07) is 7.53. The third kappa shape index (κ3) is 4.56. The summed E-state index contributed by atoms with van der Waals surface area (Å²) in [5, 5.41) is -0.336. The van der Waals surface area contributed by atoms with Crippen LogP contribution in [0.15, 0.2) is 24.3 Å². The molecule has 0 saturated heterocycles. The fourth-order valence-corrected chi connectivity index (χ4v) is 4.16. The number of rotatable bonds is 5. The van der Waals surface area contributed by atoms with Crippen LogP contribution in [0.4, 0.5) is 5.69 Å². The highest BCUT2D eigenvalue weighted by Gasteiger charge is 2.31. The Labute approximate surface area is 126 Å². The van der Waals surface area contributed by atoms with E-state index < -0.39 is 9.84 Å². The van der Waals surface area contributed by atoms with E-state index in [0.717, 1.165) is 18.4 Å². The Hall–Kier alpha value is -1.36. The molecule has 0 aromatic heterocycles. The molecule has 2 rings (SSSR count). The van der Waals surface area contributed by atoms with Gasteiger partial charge in [-0.05, 0) is 43.4 Å². The molecular weight excluding hydrogens is 286 g/mol. The summed E-state index contributed by atoms with van der Waals surface area (Å²) < 4.78 is 23.3. The van der Waals surface area contributed by atoms with Crippen LogP contribution in [-0.4, -0.2) is 25.7 Å². The first-order valence-corrected chi connectivity index (χ1v) is 9.37. The van der Waals surface area contributed by atoms with Crippen LogP contribution in [0.1, 0.15) is 37.7 Å². The van der Waals surface area contributed by atoms with Gasteiger partial charge in [-0.3, -0.25) is 4.79 Å². The molecule has 2 N–H and O–H groups in total. The van der Waals surface area contributed by atoms with Crippen molar-refractivity contribution in [3.8, 4) is 0 Å². The molecule has 1 saturated carbocycles. The van der Waals surface area contributed by atoms with Gasteiger partial charge in [-0.25, -0.2) is 8.42 Å². The van der Waals surface area contributed by atoms with Crippen molar-refractivity contribution >= 4 is 21.3 Å². The van der Waals surface area contributed by atoms with Gasteiger partial charge < -0.3 is 5.73 Å². The standard InChI is InChI=1S/C16H23NO3S/c1-21(19,20)15-4-2-3-13(11-15)16(18)10-7-12-5-8-14(17)9-6-12/h5-6,8-9,13,15H,2-4,7,10-11,17H2,1H3. The van der Waals surface area contributed by atoms with E-state index >= 15 is 0 Å². The van der Waals surface area contributed by atoms with Crippen LogP contribution in [0.5, 0.6) is 0 Å². The minimum atomic E-state index is -3.03. The Morgan fingerprint density at radius 3 is 2.52 bits per heavy atom. The average Bonchev–Trinajstić information content (AvgIpc) is 2.45. The Morgan fingerprint density at radius 2 is 1.90 bits per heavy atom. The zero-order valence-electron chi connectivity index (χ0n) is 12.4. The molecule has 21 heavy (non-hydrogen) atoms. The Balaban J connectivity index is 1.89. The number of sulfone groups is 1. The van der Waals surface area contributed by atoms with Gasteiger partial charge >= 0.3 is 0 Å². The third-order valence-corrected chi connectivity index (χ3v) is 5.97. The minimum Gasteiger partial charge on any atom is -0.399 e. The number of nitrogen functional groups attached to an aromatic ring is 1. The van der Waals surface area contributed by atoms with E-state index in [1.807, 2.05) is 24.3 Å². The van der Waals surface area contributed by atoms with Crippen LogP contribution in [0.2, 0.25) is 0 Å². The smallest absolute Gasteiger partial charge is 0.150 e. The van der Waals surface area contributed by atoms with Crippen LogP contribution in [0.25, 0.3) is 0 Å². The minimum absolute atomic E-state index is 0.0905. The Bertz CT molecular complexity index is 592. The number of hydrogen-bond acceptors (Lipinski definition) is 4. The summed E-state index contributed by atoms with van der Waals surface area (Å²) in [6.45, 7) is 0. The van der Waals surface area contributed by atoms with Crippen molar-refractivity contribution in [3.63, 3.8) is 0 Å². The van der Waals surface area contributed by atoms with Crippen LogP contribution in [-0.2, 0) is 21.1 Å². The number of nitrogens with two attached hydrogens (primary N) is 1. The highest BCUT2D eigenvalue weighted by molar-refractivity contribution is 7.91. The van der Waals surface area contributed by atoms with Gasteiger partial charge in [-0.15, -0.1) is 0 Å². The van der Waals surface area contributed by atoms with Crippen molar-refractivity contribution in [1.29, 1.82) is 0 Å². The summed E-state index contributed by atoms with van der Waals surface area (Å²) in [5.41, 5.74) is 7.44. The van der Waals surface area contributed by atoms with Crippen LogP contribution < -0.4 is 5.73 Å². The first-order valence-electron chi connectivity index (χ1n) is 7.42. The average molecular weight is 309 g/mol. The third-order valence-electron chi connectivity index (χ3n) is 4.33. The van der Waals surface area contributed by atoms with Gasteiger partial charge in [-0.2, -0.15) is 0 Å². The molecule has 1 aliphatic carbocycles. The monoisotopic (exact) mass is 309 g/mol. The van der Waals surface area contributed by atoms with Gasteiger partial charge in [0.1, 0.15) is 15.6 Å². The van der Waals surface area contributed by atoms with Crippen LogP contribution in [0.3, 0.4) is 0 Å². The molecule has 2 atom stereocenters. The van der Waals surface area contributed by atoms with Gasteiger partial charge in [0.15, 0.2) is 0 Å². The highest BCUT2D eigenvalue weighted by Crippen LogP contribution is 2.30. The number of anilines is 1. The Kier molecular flexibility index (Phi) is 5.04. The summed E-state index contributed by atoms with van der Waals surface area (Å²) in [7, 11) is -3.03. The zero-order valence-corrected chi connectivity index (χ0v) is 13.2. The van der Waals surface area contributed by atoms with E-state index in [2.05, 4.69) is 0 Å². The van der Waals surface area contributed by atoms with E-state index in [4.69, 9.17) is 5.73 Å². The SMILES string of the molecule is CS(=O)(=O)C1CCCC(C(=O)CCc2ccc(N)cc2)C1. The second kappa shape index (κ2) is 6.60. The first kappa shape index (κ1) is 16.0. The lowest BCUT2D eigenvalue weighted by Crippen LogP contribution is -2.31. The number of ketones is 1. The molecule has 0 radical (unpaired) electrons. The number of carbonyl (C=O) groups is 1. The lowest BCUT2D eigenvalue weighted by Gasteiger charge is -2.27. The number of carbonyl (C=O) groups excluding carboxylic acids is 1. The fourth-order valence-electron chi connectivity index (χ4n) is 2.98. The molecule has 1 fully saturated rings. The lowest BCUT2D eigenvalue weighted by atomic mass is 9.84. The van der Waals surface area contributed by atoms with Crippen molar-refractivity contribution in [1.82, 2.24) is 0 Å². The zero-order chi connectivity index (χ0) is 15.5. The molecule has 1 aliphatic rings. The summed E-state index contributed by atoms with van der Waals surface area (Å²) in [6.07, 6.45) is 5.30. The van der Waals surface area contributed by atoms with E-state index in [-0.39, 0.29) is 17.0 Å². The van der Waals surface area contributed by atoms with Crippen LogP contribution >= 0.6 is 0 Å². The Morgan fingerprint density at radius 1 is 1.24 bits per heavy atom. The largest absolute Gasteiger partial charge is 0.399 e. The molecule has 0 heterocycles. The molecule has 0 amide bonds. The molecule has 2 unspecified atom stereocenters. The molecule has 1 aromatic rings. The summed E-state index contributed by atoms with van der Waals surface area (Å²) in [5.74, 6) is 0.104. The van der Waals surface area contributed by atoms with Gasteiger partial charge in [0, 0.05) is 24.3 Å². The maximum Gasteiger partial charge on any atom is 0.150 e. The van der Waals surface area contributed by atoms with E-state index in [1.54, 1.807) is 0 Å². The molecule has 5 heteroatoms. The van der Waals surface area contributed by atoms with Crippen molar-refractivity contribution in [2.75, 3.05) is 12.0 Å². The topological polar surface area (TPSA) is 77.2 Å². The second-order valence-corrected chi connectivity index (χ2v) is 8.35. The molecule has 0 bridgehead atoms. The summed E-state index contributed by atoms with van der Waals surface area (Å²) in [4.78, 5) is 12.3. The molecule has 4 nitrogen and oxygen atoms in total. The number of benzene rings is 1. The highest BCUT2D eigenvalue weighted by atomic mass is 32.2. The van der Waals surface area contributed by atoms with Crippen LogP contribution in [0, 0.1) is 5.92 Å².